The number of hydrogen-bond donors (Lipinski definition) is 1. The van der Waals surface area contributed by atoms with E-state index in [1.54, 1.807) is 0 Å². The molecule has 0 aliphatic heterocycles. The van der Waals surface area contributed by atoms with Gasteiger partial charge in [-0.3, -0.25) is 4.57 Å². The number of unbranched alkanes of at least 4 members (excludes halogenated alkanes) is 2. The van der Waals surface area contributed by atoms with Crippen LogP contribution in [0.2, 0.25) is 0 Å². The number of H-pyrrole nitrogens is 1. The molecule has 0 amide bonds. The molecule has 0 bridgehead atoms. The van der Waals surface area contributed by atoms with E-state index in [9.17, 15) is 0 Å². The van der Waals surface area contributed by atoms with E-state index < -0.39 is 0 Å². The van der Waals surface area contributed by atoms with Crippen LogP contribution in [0.1, 0.15) is 52.9 Å². The summed E-state index contributed by atoms with van der Waals surface area (Å²) in [6, 6.07) is 0. The highest BCUT2D eigenvalue weighted by molar-refractivity contribution is 7.71. The number of rotatable bonds is 9. The minimum Gasteiger partial charge on any atom is -0.341 e. The first-order valence-electron chi connectivity index (χ1n) is 7.14. The van der Waals surface area contributed by atoms with E-state index in [-0.39, 0.29) is 0 Å². The SMILES string of the molecule is CCCCN(CCCC)c1n[nH]c(=S)n1CCC. The van der Waals surface area contributed by atoms with E-state index in [0.717, 1.165) is 36.8 Å². The van der Waals surface area contributed by atoms with Crippen molar-refractivity contribution in [3.63, 3.8) is 0 Å². The van der Waals surface area contributed by atoms with Gasteiger partial charge >= 0.3 is 0 Å². The third-order valence-electron chi connectivity index (χ3n) is 3.03. The second kappa shape index (κ2) is 8.29. The van der Waals surface area contributed by atoms with Gasteiger partial charge in [-0.25, -0.2) is 5.10 Å². The van der Waals surface area contributed by atoms with Gasteiger partial charge in [0.2, 0.25) is 5.95 Å². The fourth-order valence-corrected chi connectivity index (χ4v) is 2.20. The predicted molar refractivity (Wildman–Crippen MR) is 79.7 cm³/mol. The highest BCUT2D eigenvalue weighted by Gasteiger charge is 2.13. The lowest BCUT2D eigenvalue weighted by atomic mass is 10.3. The second-order valence-electron chi connectivity index (χ2n) is 4.67. The summed E-state index contributed by atoms with van der Waals surface area (Å²) in [7, 11) is 0. The van der Waals surface area contributed by atoms with Gasteiger partial charge in [-0.2, -0.15) is 0 Å². The van der Waals surface area contributed by atoms with Crippen molar-refractivity contribution in [2.24, 2.45) is 0 Å². The monoisotopic (exact) mass is 270 g/mol. The largest absolute Gasteiger partial charge is 0.341 e. The number of anilines is 1. The van der Waals surface area contributed by atoms with Gasteiger partial charge in [0, 0.05) is 19.6 Å². The summed E-state index contributed by atoms with van der Waals surface area (Å²) >= 11 is 5.30. The molecule has 0 unspecified atom stereocenters. The molecule has 0 aromatic carbocycles. The molecule has 1 aromatic heterocycles. The Kier molecular flexibility index (Phi) is 7.01. The highest BCUT2D eigenvalue weighted by atomic mass is 32.1. The van der Waals surface area contributed by atoms with Crippen LogP contribution in [0.4, 0.5) is 5.95 Å². The molecule has 104 valence electrons. The summed E-state index contributed by atoms with van der Waals surface area (Å²) in [5.74, 6) is 1.02. The molecule has 1 rings (SSSR count). The Morgan fingerprint density at radius 3 is 2.22 bits per heavy atom. The fraction of sp³-hybridized carbons (Fsp3) is 0.846. The topological polar surface area (TPSA) is 36.9 Å². The maximum Gasteiger partial charge on any atom is 0.225 e. The molecule has 1 aromatic rings. The third-order valence-corrected chi connectivity index (χ3v) is 3.34. The van der Waals surface area contributed by atoms with Crippen LogP contribution >= 0.6 is 12.2 Å². The summed E-state index contributed by atoms with van der Waals surface area (Å²) < 4.78 is 2.87. The number of aromatic nitrogens is 3. The third kappa shape index (κ3) is 4.12. The molecule has 0 spiro atoms. The minimum absolute atomic E-state index is 0.741. The van der Waals surface area contributed by atoms with E-state index in [1.807, 2.05) is 0 Å². The average Bonchev–Trinajstić information content (AvgIpc) is 2.72. The average molecular weight is 270 g/mol. The fourth-order valence-electron chi connectivity index (χ4n) is 1.99. The molecular weight excluding hydrogens is 244 g/mol. The van der Waals surface area contributed by atoms with E-state index in [1.165, 1.54) is 25.7 Å². The van der Waals surface area contributed by atoms with Gasteiger partial charge in [0.25, 0.3) is 0 Å². The lowest BCUT2D eigenvalue weighted by molar-refractivity contribution is 0.613. The number of aromatic amines is 1. The van der Waals surface area contributed by atoms with Crippen molar-refractivity contribution in [2.75, 3.05) is 18.0 Å². The quantitative estimate of drug-likeness (QED) is 0.694. The van der Waals surface area contributed by atoms with Gasteiger partial charge in [-0.15, -0.1) is 5.10 Å². The van der Waals surface area contributed by atoms with Crippen molar-refractivity contribution >= 4 is 18.2 Å². The summed E-state index contributed by atoms with van der Waals surface area (Å²) in [6.45, 7) is 9.70. The lowest BCUT2D eigenvalue weighted by Gasteiger charge is -2.23. The van der Waals surface area contributed by atoms with Crippen molar-refractivity contribution < 1.29 is 0 Å². The van der Waals surface area contributed by atoms with Crippen molar-refractivity contribution in [1.82, 2.24) is 14.8 Å². The Morgan fingerprint density at radius 1 is 1.11 bits per heavy atom. The zero-order valence-electron chi connectivity index (χ0n) is 11.9. The second-order valence-corrected chi connectivity index (χ2v) is 5.06. The molecule has 0 saturated carbocycles. The molecule has 0 saturated heterocycles. The van der Waals surface area contributed by atoms with Crippen LogP contribution in [0.3, 0.4) is 0 Å². The summed E-state index contributed by atoms with van der Waals surface area (Å²) in [4.78, 5) is 2.37. The number of nitrogens with zero attached hydrogens (tertiary/aromatic N) is 3. The van der Waals surface area contributed by atoms with Gasteiger partial charge in [0.15, 0.2) is 4.77 Å². The Morgan fingerprint density at radius 2 is 1.72 bits per heavy atom. The highest BCUT2D eigenvalue weighted by Crippen LogP contribution is 2.14. The molecule has 0 aliphatic carbocycles. The Labute approximate surface area is 115 Å². The summed E-state index contributed by atoms with van der Waals surface area (Å²) in [6.07, 6.45) is 5.91. The molecule has 0 atom stereocenters. The zero-order chi connectivity index (χ0) is 13.4. The molecule has 4 nitrogen and oxygen atoms in total. The Hall–Kier alpha value is -0.840. The van der Waals surface area contributed by atoms with Crippen LogP contribution in [0.25, 0.3) is 0 Å². The first-order valence-corrected chi connectivity index (χ1v) is 7.55. The van der Waals surface area contributed by atoms with Gasteiger partial charge in [0.05, 0.1) is 0 Å². The van der Waals surface area contributed by atoms with Crippen molar-refractivity contribution in [1.29, 1.82) is 0 Å². The Balaban J connectivity index is 2.85. The normalized spacial score (nSPS) is 10.8. The van der Waals surface area contributed by atoms with E-state index >= 15 is 0 Å². The first kappa shape index (κ1) is 15.2. The van der Waals surface area contributed by atoms with Crippen LogP contribution in [-0.4, -0.2) is 27.9 Å². The Bertz CT molecular complexity index is 375. The van der Waals surface area contributed by atoms with Crippen LogP contribution in [-0.2, 0) is 6.54 Å². The van der Waals surface area contributed by atoms with E-state index in [2.05, 4.69) is 40.4 Å². The van der Waals surface area contributed by atoms with Crippen LogP contribution in [0.5, 0.6) is 0 Å². The first-order chi connectivity index (χ1) is 8.74. The molecule has 1 N–H and O–H groups in total. The van der Waals surface area contributed by atoms with Crippen molar-refractivity contribution in [3.05, 3.63) is 4.77 Å². The summed E-state index contributed by atoms with van der Waals surface area (Å²) in [5.41, 5.74) is 0. The minimum atomic E-state index is 0.741. The van der Waals surface area contributed by atoms with Gasteiger partial charge in [-0.05, 0) is 31.5 Å². The maximum atomic E-state index is 5.30. The van der Waals surface area contributed by atoms with Crippen LogP contribution in [0.15, 0.2) is 0 Å². The lowest BCUT2D eigenvalue weighted by Crippen LogP contribution is -2.28. The maximum absolute atomic E-state index is 5.30. The predicted octanol–water partition coefficient (Wildman–Crippen LogP) is 3.76. The van der Waals surface area contributed by atoms with Crippen LogP contribution in [0, 0.1) is 4.77 Å². The molecule has 0 radical (unpaired) electrons. The standard InChI is InChI=1S/C13H26N4S/c1-4-7-10-16(11-8-5-2)12-14-15-13(18)17(12)9-6-3/h4-11H2,1-3H3,(H,15,18). The van der Waals surface area contributed by atoms with Crippen LogP contribution < -0.4 is 4.90 Å². The van der Waals surface area contributed by atoms with Gasteiger partial charge in [-0.1, -0.05) is 33.6 Å². The van der Waals surface area contributed by atoms with Crippen molar-refractivity contribution in [2.45, 2.75) is 59.4 Å². The number of nitrogens with one attached hydrogen (secondary N) is 1. The smallest absolute Gasteiger partial charge is 0.225 e. The summed E-state index contributed by atoms with van der Waals surface area (Å²) in [5, 5.41) is 7.34. The molecular formula is C13H26N4S. The zero-order valence-corrected chi connectivity index (χ0v) is 12.7. The number of hydrogen-bond acceptors (Lipinski definition) is 3. The van der Waals surface area contributed by atoms with Gasteiger partial charge in [0.1, 0.15) is 0 Å². The van der Waals surface area contributed by atoms with Gasteiger partial charge < -0.3 is 4.90 Å². The molecule has 5 heteroatoms. The molecule has 0 fully saturated rings. The van der Waals surface area contributed by atoms with E-state index in [4.69, 9.17) is 12.2 Å². The van der Waals surface area contributed by atoms with E-state index in [0.29, 0.717) is 0 Å². The molecule has 18 heavy (non-hydrogen) atoms. The molecule has 1 heterocycles. The molecule has 0 aliphatic rings. The van der Waals surface area contributed by atoms with Crippen molar-refractivity contribution in [3.8, 4) is 0 Å².